The molecular weight excluding hydrogens is 320 g/mol. The maximum atomic E-state index is 12.4. The van der Waals surface area contributed by atoms with Gasteiger partial charge in [-0.15, -0.1) is 11.3 Å². The summed E-state index contributed by atoms with van der Waals surface area (Å²) < 4.78 is 37.7. The molecule has 0 amide bonds. The highest BCUT2D eigenvalue weighted by Gasteiger charge is 2.30. The highest BCUT2D eigenvalue weighted by Crippen LogP contribution is 2.33. The third kappa shape index (κ3) is 3.11. The number of benzene rings is 1. The number of rotatable bonds is 2. The Bertz CT molecular complexity index is 617. The second kappa shape index (κ2) is 5.15. The lowest BCUT2D eigenvalue weighted by Gasteiger charge is -2.06. The smallest absolute Gasteiger partial charge is 0.289 e. The van der Waals surface area contributed by atoms with Gasteiger partial charge in [0.05, 0.1) is 15.5 Å². The van der Waals surface area contributed by atoms with Gasteiger partial charge in [-0.3, -0.25) is 4.79 Å². The van der Waals surface area contributed by atoms with Crippen LogP contribution >= 0.6 is 34.5 Å². The minimum absolute atomic E-state index is 0.129. The maximum absolute atomic E-state index is 12.4. The third-order valence-electron chi connectivity index (χ3n) is 2.38. The van der Waals surface area contributed by atoms with Crippen LogP contribution in [-0.2, 0) is 6.18 Å². The summed E-state index contributed by atoms with van der Waals surface area (Å²) in [5.74, 6) is -0.457. The molecule has 0 atom stereocenters. The first-order valence-electron chi connectivity index (χ1n) is 4.96. The van der Waals surface area contributed by atoms with E-state index < -0.39 is 17.5 Å². The van der Waals surface area contributed by atoms with E-state index in [1.54, 1.807) is 0 Å². The fourth-order valence-electron chi connectivity index (χ4n) is 1.46. The number of thiophene rings is 1. The number of carbonyl (C=O) groups excluding carboxylic acids is 1. The molecule has 0 bridgehead atoms. The summed E-state index contributed by atoms with van der Waals surface area (Å²) >= 11 is 12.6. The third-order valence-corrected chi connectivity index (χ3v) is 3.86. The van der Waals surface area contributed by atoms with E-state index in [1.165, 1.54) is 6.07 Å². The zero-order chi connectivity index (χ0) is 14.2. The maximum Gasteiger partial charge on any atom is 0.416 e. The molecule has 2 aromatic rings. The zero-order valence-corrected chi connectivity index (χ0v) is 11.4. The molecule has 0 radical (unpaired) electrons. The fraction of sp³-hybridized carbons (Fsp3) is 0.0833. The van der Waals surface area contributed by atoms with Gasteiger partial charge in [0.15, 0.2) is 5.78 Å². The molecule has 100 valence electrons. The van der Waals surface area contributed by atoms with Gasteiger partial charge in [-0.25, -0.2) is 0 Å². The number of ketones is 1. The summed E-state index contributed by atoms with van der Waals surface area (Å²) in [6.07, 6.45) is -4.43. The van der Waals surface area contributed by atoms with E-state index in [4.69, 9.17) is 23.2 Å². The first kappa shape index (κ1) is 14.4. The van der Waals surface area contributed by atoms with Gasteiger partial charge in [-0.05, 0) is 18.2 Å². The molecule has 0 N–H and O–H groups in total. The van der Waals surface area contributed by atoms with Gasteiger partial charge in [-0.2, -0.15) is 13.2 Å². The lowest BCUT2D eigenvalue weighted by molar-refractivity contribution is -0.137. The van der Waals surface area contributed by atoms with Crippen LogP contribution in [0.5, 0.6) is 0 Å². The van der Waals surface area contributed by atoms with E-state index in [0.29, 0.717) is 4.34 Å². The molecule has 0 aliphatic rings. The number of halogens is 5. The molecule has 0 aliphatic carbocycles. The Morgan fingerprint density at radius 3 is 2.11 bits per heavy atom. The molecule has 0 aliphatic heterocycles. The highest BCUT2D eigenvalue weighted by molar-refractivity contribution is 7.20. The summed E-state index contributed by atoms with van der Waals surface area (Å²) in [6, 6.07) is 5.35. The topological polar surface area (TPSA) is 17.1 Å². The Kier molecular flexibility index (Phi) is 3.90. The zero-order valence-electron chi connectivity index (χ0n) is 9.09. The molecule has 2 rings (SSSR count). The normalized spacial score (nSPS) is 11.6. The van der Waals surface area contributed by atoms with Crippen LogP contribution in [0.2, 0.25) is 8.67 Å². The lowest BCUT2D eigenvalue weighted by atomic mass is 10.0. The van der Waals surface area contributed by atoms with Gasteiger partial charge < -0.3 is 0 Å². The quantitative estimate of drug-likeness (QED) is 0.684. The van der Waals surface area contributed by atoms with Crippen LogP contribution in [-0.4, -0.2) is 5.78 Å². The fourth-order valence-corrected chi connectivity index (χ4v) is 2.92. The number of carbonyl (C=O) groups is 1. The molecular formula is C12H5Cl2F3OS. The second-order valence-electron chi connectivity index (χ2n) is 3.64. The molecule has 7 heteroatoms. The molecule has 1 heterocycles. The minimum atomic E-state index is -4.43. The van der Waals surface area contributed by atoms with Crippen molar-refractivity contribution in [3.05, 3.63) is 55.7 Å². The summed E-state index contributed by atoms with van der Waals surface area (Å²) in [6.45, 7) is 0. The largest absolute Gasteiger partial charge is 0.416 e. The van der Waals surface area contributed by atoms with Crippen LogP contribution in [0, 0.1) is 0 Å². The summed E-state index contributed by atoms with van der Waals surface area (Å²) in [7, 11) is 0. The van der Waals surface area contributed by atoms with Crippen LogP contribution in [0.25, 0.3) is 0 Å². The van der Waals surface area contributed by atoms with Crippen molar-refractivity contribution in [2.75, 3.05) is 0 Å². The first-order chi connectivity index (χ1) is 8.79. The van der Waals surface area contributed by atoms with E-state index >= 15 is 0 Å². The van der Waals surface area contributed by atoms with Gasteiger partial charge in [-0.1, -0.05) is 35.3 Å². The Morgan fingerprint density at radius 2 is 1.68 bits per heavy atom. The van der Waals surface area contributed by atoms with Crippen LogP contribution in [0.3, 0.4) is 0 Å². The van der Waals surface area contributed by atoms with Crippen LogP contribution < -0.4 is 0 Å². The molecule has 0 saturated carbocycles. The van der Waals surface area contributed by atoms with Crippen molar-refractivity contribution >= 4 is 40.3 Å². The Balaban J connectivity index is 2.33. The Labute approximate surface area is 120 Å². The molecule has 0 spiro atoms. The van der Waals surface area contributed by atoms with Crippen molar-refractivity contribution in [2.45, 2.75) is 6.18 Å². The molecule has 0 saturated heterocycles. The molecule has 19 heavy (non-hydrogen) atoms. The van der Waals surface area contributed by atoms with Crippen molar-refractivity contribution < 1.29 is 18.0 Å². The van der Waals surface area contributed by atoms with Crippen molar-refractivity contribution in [1.29, 1.82) is 0 Å². The highest BCUT2D eigenvalue weighted by atomic mass is 35.5. The van der Waals surface area contributed by atoms with Crippen LogP contribution in [0.15, 0.2) is 30.3 Å². The standard InChI is InChI=1S/C12H5Cl2F3OS/c13-9-5-8(11(14)19-9)10(18)6-1-3-7(4-2-6)12(15,16)17/h1-5H. The van der Waals surface area contributed by atoms with E-state index in [2.05, 4.69) is 0 Å². The molecule has 1 aromatic carbocycles. The van der Waals surface area contributed by atoms with Gasteiger partial charge in [0.2, 0.25) is 0 Å². The average molecular weight is 325 g/mol. The number of hydrogen-bond acceptors (Lipinski definition) is 2. The van der Waals surface area contributed by atoms with Gasteiger partial charge in [0.1, 0.15) is 4.34 Å². The number of hydrogen-bond donors (Lipinski definition) is 0. The first-order valence-corrected chi connectivity index (χ1v) is 6.53. The van der Waals surface area contributed by atoms with Gasteiger partial charge >= 0.3 is 6.18 Å². The van der Waals surface area contributed by atoms with Crippen LogP contribution in [0.4, 0.5) is 13.2 Å². The van der Waals surface area contributed by atoms with Crippen molar-refractivity contribution in [1.82, 2.24) is 0 Å². The number of alkyl halides is 3. The van der Waals surface area contributed by atoms with Crippen molar-refractivity contribution in [3.8, 4) is 0 Å². The van der Waals surface area contributed by atoms with E-state index in [1.807, 2.05) is 0 Å². The monoisotopic (exact) mass is 324 g/mol. The van der Waals surface area contributed by atoms with Gasteiger partial charge in [0, 0.05) is 5.56 Å². The Morgan fingerprint density at radius 1 is 1.11 bits per heavy atom. The van der Waals surface area contributed by atoms with Crippen molar-refractivity contribution in [2.24, 2.45) is 0 Å². The van der Waals surface area contributed by atoms with E-state index in [9.17, 15) is 18.0 Å². The summed E-state index contributed by atoms with van der Waals surface area (Å²) in [4.78, 5) is 12.0. The average Bonchev–Trinajstić information content (AvgIpc) is 2.66. The lowest BCUT2D eigenvalue weighted by Crippen LogP contribution is -2.06. The predicted octanol–water partition coefficient (Wildman–Crippen LogP) is 5.30. The molecule has 0 unspecified atom stereocenters. The molecule has 1 aromatic heterocycles. The van der Waals surface area contributed by atoms with E-state index in [-0.39, 0.29) is 15.5 Å². The second-order valence-corrected chi connectivity index (χ2v) is 5.93. The summed E-state index contributed by atoms with van der Waals surface area (Å²) in [5, 5.41) is 0. The Hall–Kier alpha value is -1.04. The molecule has 1 nitrogen and oxygen atoms in total. The summed E-state index contributed by atoms with van der Waals surface area (Å²) in [5.41, 5.74) is -0.487. The SMILES string of the molecule is O=C(c1ccc(C(F)(F)F)cc1)c1cc(Cl)sc1Cl. The minimum Gasteiger partial charge on any atom is -0.289 e. The van der Waals surface area contributed by atoms with Crippen LogP contribution in [0.1, 0.15) is 21.5 Å². The van der Waals surface area contributed by atoms with Gasteiger partial charge in [0.25, 0.3) is 0 Å². The van der Waals surface area contributed by atoms with E-state index in [0.717, 1.165) is 35.6 Å². The molecule has 0 fully saturated rings. The van der Waals surface area contributed by atoms with Crippen molar-refractivity contribution in [3.63, 3.8) is 0 Å². The predicted molar refractivity (Wildman–Crippen MR) is 69.2 cm³/mol.